The van der Waals surface area contributed by atoms with Crippen molar-refractivity contribution in [2.24, 2.45) is 17.8 Å². The molecule has 0 unspecified atom stereocenters. The van der Waals surface area contributed by atoms with E-state index in [2.05, 4.69) is 33.0 Å². The summed E-state index contributed by atoms with van der Waals surface area (Å²) >= 11 is 0. The summed E-state index contributed by atoms with van der Waals surface area (Å²) in [5.41, 5.74) is -0.0379. The number of fused-ring (bicyclic) bond motifs is 1. The molecule has 99 heavy (non-hydrogen) atoms. The van der Waals surface area contributed by atoms with E-state index in [0.29, 0.717) is 75.0 Å². The maximum atomic E-state index is 13.3. The van der Waals surface area contributed by atoms with Gasteiger partial charge >= 0.3 is 43.1 Å². The van der Waals surface area contributed by atoms with Gasteiger partial charge in [-0.05, 0) is 127 Å². The van der Waals surface area contributed by atoms with Gasteiger partial charge in [-0.2, -0.15) is 25.3 Å². The monoisotopic (exact) mass is 1470 g/mol. The molecule has 7 heterocycles. The molecule has 0 aromatic rings. The van der Waals surface area contributed by atoms with Crippen LogP contribution in [-0.4, -0.2) is 228 Å². The first-order valence-electron chi connectivity index (χ1n) is 34.0. The van der Waals surface area contributed by atoms with E-state index in [1.165, 1.54) is 19.1 Å². The Hall–Kier alpha value is -3.57. The number of hydrogen-bond donors (Lipinski definition) is 10. The zero-order valence-corrected chi connectivity index (χ0v) is 59.5. The largest absolute Gasteiger partial charge is 0.465 e. The molecular weight excluding hydrogens is 1370 g/mol. The Morgan fingerprint density at radius 2 is 1.53 bits per heavy atom. The molecule has 0 aromatic carbocycles. The Kier molecular flexibility index (Phi) is 30.0. The first-order chi connectivity index (χ1) is 46.3. The van der Waals surface area contributed by atoms with Crippen molar-refractivity contribution in [1.82, 2.24) is 0 Å². The van der Waals surface area contributed by atoms with Gasteiger partial charge < -0.3 is 78.4 Å². The Labute approximate surface area is 580 Å². The number of ether oxygens (including phenoxy) is 9. The number of allylic oxidation sites excluding steroid dienone is 3. The van der Waals surface area contributed by atoms with Crippen molar-refractivity contribution in [3.63, 3.8) is 0 Å². The molecule has 22 atom stereocenters. The molecule has 30 nitrogen and oxygen atoms in total. The minimum absolute atomic E-state index is 0.00671. The molecule has 0 bridgehead atoms. The second kappa shape index (κ2) is 35.9. The van der Waals surface area contributed by atoms with E-state index in [-0.39, 0.29) is 69.4 Å². The molecule has 6 fully saturated rings. The lowest BCUT2D eigenvalue weighted by Crippen LogP contribution is -2.60. The van der Waals surface area contributed by atoms with Crippen LogP contribution in [0.3, 0.4) is 0 Å². The van der Waals surface area contributed by atoms with Crippen LogP contribution in [0.5, 0.6) is 0 Å². The molecule has 3 spiro atoms. The first kappa shape index (κ1) is 82.7. The zero-order chi connectivity index (χ0) is 72.9. The molecule has 0 saturated carbocycles. The van der Waals surface area contributed by atoms with Gasteiger partial charge in [0.05, 0.1) is 81.2 Å². The minimum Gasteiger partial charge on any atom is -0.465 e. The number of aliphatic hydroxyl groups is 7. The fraction of sp³-hybridized carbons (Fsp3) is 0.788. The highest BCUT2D eigenvalue weighted by atomic mass is 32.3. The summed E-state index contributed by atoms with van der Waals surface area (Å²) in [4.78, 5) is 25.7. The smallest absolute Gasteiger partial charge is 0.397 e. The van der Waals surface area contributed by atoms with E-state index in [0.717, 1.165) is 37.7 Å². The van der Waals surface area contributed by atoms with Crippen LogP contribution in [0, 0.1) is 17.8 Å². The molecule has 0 aromatic heterocycles. The number of rotatable bonds is 34. The average molecular weight is 1470 g/mol. The fourth-order valence-corrected chi connectivity index (χ4v) is 15.4. The topological polar surface area (TPSA) is 450 Å². The van der Waals surface area contributed by atoms with Gasteiger partial charge in [0.25, 0.3) is 0 Å². The third kappa shape index (κ3) is 25.1. The quantitative estimate of drug-likeness (QED) is 0.0135. The summed E-state index contributed by atoms with van der Waals surface area (Å²) in [6.45, 7) is 14.6. The predicted molar refractivity (Wildman–Crippen MR) is 350 cm³/mol. The highest BCUT2D eigenvalue weighted by Crippen LogP contribution is 2.48. The van der Waals surface area contributed by atoms with Gasteiger partial charge in [0.2, 0.25) is 5.79 Å². The Balaban J connectivity index is 0.788. The Bertz CT molecular complexity index is 3180. The van der Waals surface area contributed by atoms with Gasteiger partial charge in [-0.3, -0.25) is 18.5 Å². The Morgan fingerprint density at radius 3 is 2.22 bits per heavy atom. The second-order valence-corrected chi connectivity index (χ2v) is 31.1. The maximum absolute atomic E-state index is 13.3. The normalized spacial score (nSPS) is 33.6. The van der Waals surface area contributed by atoms with Gasteiger partial charge in [-0.15, -0.1) is 0 Å². The molecule has 0 amide bonds. The highest BCUT2D eigenvalue weighted by molar-refractivity contribution is 7.81. The molecule has 0 aliphatic carbocycles. The zero-order valence-electron chi connectivity index (χ0n) is 57.1. The lowest BCUT2D eigenvalue weighted by molar-refractivity contribution is -0.321. The third-order valence-electron chi connectivity index (χ3n) is 19.3. The summed E-state index contributed by atoms with van der Waals surface area (Å²) in [6.07, 6.45) is 4.04. The van der Waals surface area contributed by atoms with Crippen molar-refractivity contribution in [3.05, 3.63) is 71.9 Å². The summed E-state index contributed by atoms with van der Waals surface area (Å²) in [5, 5.41) is 77.5. The predicted octanol–water partition coefficient (Wildman–Crippen LogP) is 4.89. The maximum Gasteiger partial charge on any atom is 0.397 e. The van der Waals surface area contributed by atoms with Crippen molar-refractivity contribution in [1.29, 1.82) is 0 Å². The van der Waals surface area contributed by atoms with E-state index >= 15 is 0 Å². The highest BCUT2D eigenvalue weighted by Gasteiger charge is 2.55. The lowest BCUT2D eigenvalue weighted by atomic mass is 9.79. The molecule has 6 saturated heterocycles. The van der Waals surface area contributed by atoms with Crippen molar-refractivity contribution in [3.8, 4) is 0 Å². The standard InChI is InChI=1S/C66H104O30S3/c1-40(16-10-9-14-30-85-56(72)18-12-8-11-17-46(67)34-49(95-98(79,80)81)35-51(69)60(96-99(82,83)84)52(70)39-88-97(76,77)78)38-86-62(74)63(7,75)37-48-21-22-55(71)66(91-48)36-41(2)32-54(92-66)42(3)19-20-47-24-28-65(90-47)29-25-53-61(94-65)57(73)45(6)59(89-53)50(68)33-44(5)58-43(4)23-27-64(93-58)26-13-15-31-87-64/h8-10,12,16,19-20,36,42-44,46-55,57-61,67-71,73,75H,6,11,13-15,17-18,21-35,37-39H2,1-5,7H3,(H,76,77,78)(H,79,80,81)(H,82,83,84)/b10-9+,12-8-,20-19+,40-16+/t42-,43-,44+,46+,47-,48+,49-,50+,51+,52-,53+,54+,55-,57-,58+,59+,60+,61+,63-,64+,65-,66-/m1/s1. The summed E-state index contributed by atoms with van der Waals surface area (Å²) in [7, 11) is -15.9. The lowest BCUT2D eigenvalue weighted by Gasteiger charge is -2.50. The fourth-order valence-electron chi connectivity index (χ4n) is 14.1. The van der Waals surface area contributed by atoms with Crippen LogP contribution in [0.1, 0.15) is 170 Å². The van der Waals surface area contributed by atoms with Crippen LogP contribution in [0.4, 0.5) is 0 Å². The van der Waals surface area contributed by atoms with E-state index in [9.17, 15) is 75.1 Å². The van der Waals surface area contributed by atoms with Crippen molar-refractivity contribution >= 4 is 43.1 Å². The molecule has 7 aliphatic heterocycles. The molecule has 0 radical (unpaired) electrons. The van der Waals surface area contributed by atoms with Crippen LogP contribution >= 0.6 is 0 Å². The summed E-state index contributed by atoms with van der Waals surface area (Å²) < 4.78 is 164. The summed E-state index contributed by atoms with van der Waals surface area (Å²) in [5.74, 6) is -4.37. The molecule has 10 N–H and O–H groups in total. The number of carbonyl (C=O) groups is 2. The number of hydrogen-bond acceptors (Lipinski definition) is 27. The number of aliphatic hydroxyl groups excluding tert-OH is 6. The first-order valence-corrected chi connectivity index (χ1v) is 38.1. The molecule has 7 rings (SSSR count). The van der Waals surface area contributed by atoms with Crippen molar-refractivity contribution in [2.75, 3.05) is 26.4 Å². The van der Waals surface area contributed by atoms with E-state index in [1.54, 1.807) is 31.2 Å². The number of carbonyl (C=O) groups excluding carboxylic acids is 2. The Morgan fingerprint density at radius 1 is 0.808 bits per heavy atom. The molecule has 33 heteroatoms. The van der Waals surface area contributed by atoms with E-state index in [1.807, 2.05) is 26.0 Å². The van der Waals surface area contributed by atoms with Gasteiger partial charge in [0.1, 0.15) is 43.2 Å². The van der Waals surface area contributed by atoms with Crippen LogP contribution in [0.2, 0.25) is 0 Å². The summed E-state index contributed by atoms with van der Waals surface area (Å²) in [6, 6.07) is 0. The van der Waals surface area contributed by atoms with Gasteiger partial charge in [-0.1, -0.05) is 75.5 Å². The van der Waals surface area contributed by atoms with Gasteiger partial charge in [0.15, 0.2) is 17.2 Å². The van der Waals surface area contributed by atoms with E-state index < -0.39 is 165 Å². The van der Waals surface area contributed by atoms with Gasteiger partial charge in [0, 0.05) is 50.9 Å². The van der Waals surface area contributed by atoms with E-state index in [4.69, 9.17) is 51.7 Å². The molecular formula is C66H104O30S3. The van der Waals surface area contributed by atoms with Crippen LogP contribution in [0.25, 0.3) is 0 Å². The SMILES string of the molecule is C=C1[C@@H](O)[C@H]2O[C@]3(CC[C@@H](/C=C/[C@@H](C)[C@@H]4CC(C)=C[C@@]5(O[C@H](C[C@@](C)(O)C(=O)OC/C(C)=C/C=C/CCOC(=O)C/C=C\CC[C@H](O)C[C@H](C[C@H](O)[C@H](OS(=O)(=O)O)[C@H](O)COS(=O)(=O)O)OS(=O)(=O)O)CC[C@H]5O)O4)O3)CC[C@@H]2O[C@@H]1[C@@H](O)C[C@H](C)[C@H]1O[C@@]2(CCCCO2)CC[C@H]1C. The second-order valence-electron chi connectivity index (χ2n) is 28.0. The van der Waals surface area contributed by atoms with Crippen molar-refractivity contribution in [2.45, 2.75) is 284 Å². The van der Waals surface area contributed by atoms with Crippen LogP contribution in [-0.2, 0) is 96.0 Å². The molecule has 566 valence electrons. The molecule has 7 aliphatic rings. The number of esters is 2. The third-order valence-corrected chi connectivity index (χ3v) is 20.7. The van der Waals surface area contributed by atoms with Crippen LogP contribution in [0.15, 0.2) is 71.9 Å². The van der Waals surface area contributed by atoms with Crippen LogP contribution < -0.4 is 0 Å². The average Bonchev–Trinajstić information content (AvgIpc) is 1.68. The van der Waals surface area contributed by atoms with Gasteiger partial charge in [-0.25, -0.2) is 17.3 Å². The van der Waals surface area contributed by atoms with Crippen molar-refractivity contribution < 1.29 is 139 Å². The minimum atomic E-state index is -5.46.